The van der Waals surface area contributed by atoms with Gasteiger partial charge >= 0.3 is 28.3 Å². The van der Waals surface area contributed by atoms with Gasteiger partial charge in [0.1, 0.15) is 67.0 Å². The second kappa shape index (κ2) is 25.4. The molecule has 9 aliphatic heterocycles. The summed E-state index contributed by atoms with van der Waals surface area (Å²) in [6.45, 7) is 13.9. The standard InChI is InChI=1S/3C43H28N6/c1-25-38(34-21-20-27-12-7-9-22-44(27)34)26(2)49-43-39-35(17-11-18-36(39)48(25)49)46-32-15-5-3-13-28(32)30-24-31-29-14-4-6-16-33(29)47(42(31)40(43)41(30)46)37-19-8-10-23-45(37)43;1-25-38(34-21-19-27-11-7-8-23-44(27)34)26(2)49-43-39-35(17-9-18-37(39)48(25)49)46-32-15-5-3-12-28(32)30-20-22-36(40(43)41(30)46)47-33-16-6-4-13-29(33)31-14-10-24-45(43)42(31)47;1-25-38(34-21-19-27-11-7-8-23-44(27)34)26(2)49-43-39-35(46-32-15-5-3-12-28(32)30-20-22-37(48(25)49)40(43)41(30)46)17-9-18-36(39)47-33-16-6-4-13-29(33)31-14-10-24-45(43)42(31)47/h3*3-24H,1-2H3/q3*+2. The minimum Gasteiger partial charge on any atom is -0.316 e. The lowest BCUT2D eigenvalue weighted by molar-refractivity contribution is -0.995. The molecule has 0 aliphatic carbocycles. The molecule has 684 valence electrons. The second-order valence-corrected chi connectivity index (χ2v) is 41.7. The van der Waals surface area contributed by atoms with Crippen LogP contribution in [0.5, 0.6) is 0 Å². The van der Waals surface area contributed by atoms with E-state index in [-0.39, 0.29) is 0 Å². The Labute approximate surface area is 836 Å². The first-order valence-corrected chi connectivity index (χ1v) is 51.2. The number of rotatable bonds is 3. The van der Waals surface area contributed by atoms with Crippen molar-refractivity contribution in [1.82, 2.24) is 54.7 Å². The van der Waals surface area contributed by atoms with Crippen molar-refractivity contribution in [2.45, 2.75) is 58.5 Å². The monoisotopic (exact) mass is 1880 g/mol. The van der Waals surface area contributed by atoms with Crippen LogP contribution in [-0.4, -0.2) is 54.7 Å². The fourth-order valence-electron chi connectivity index (χ4n) is 30.9. The highest BCUT2D eigenvalue weighted by atomic mass is 15.6. The van der Waals surface area contributed by atoms with Crippen molar-refractivity contribution < 1.29 is 27.7 Å². The first kappa shape index (κ1) is 76.6. The Bertz CT molecular complexity index is 11400. The highest BCUT2D eigenvalue weighted by Gasteiger charge is 2.74. The molecule has 27 heterocycles. The summed E-state index contributed by atoms with van der Waals surface area (Å²) in [6, 6.07) is 135. The van der Waals surface area contributed by atoms with Crippen molar-refractivity contribution in [3.05, 3.63) is 469 Å². The lowest BCUT2D eigenvalue weighted by Gasteiger charge is -2.33. The molecule has 39 rings (SSSR count). The number of aromatic nitrogens is 18. The average molecular weight is 1890 g/mol. The minimum absolute atomic E-state index is 0.671. The van der Waals surface area contributed by atoms with Crippen LogP contribution < -0.4 is 27.7 Å². The van der Waals surface area contributed by atoms with E-state index in [0.717, 1.165) is 0 Å². The highest BCUT2D eigenvalue weighted by Crippen LogP contribution is 2.61. The summed E-state index contributed by atoms with van der Waals surface area (Å²) in [5.74, 6) is 1.17. The third-order valence-corrected chi connectivity index (χ3v) is 35.7. The van der Waals surface area contributed by atoms with E-state index in [1.165, 1.54) is 300 Å². The van der Waals surface area contributed by atoms with Gasteiger partial charge in [0.05, 0.1) is 130 Å². The van der Waals surface area contributed by atoms with Gasteiger partial charge in [-0.25, -0.2) is 0 Å². The molecular formula is C129H84N18+6. The topological polar surface area (TPSA) is 80.9 Å². The van der Waals surface area contributed by atoms with E-state index in [0.29, 0.717) is 0 Å². The minimum atomic E-state index is -0.671. The molecule has 3 spiro atoms. The zero-order valence-electron chi connectivity index (χ0n) is 80.7. The van der Waals surface area contributed by atoms with Gasteiger partial charge in [-0.2, -0.15) is 27.4 Å². The summed E-state index contributed by atoms with van der Waals surface area (Å²) < 4.78 is 45.5. The zero-order valence-corrected chi connectivity index (χ0v) is 80.7. The van der Waals surface area contributed by atoms with E-state index in [9.17, 15) is 0 Å². The predicted octanol–water partition coefficient (Wildman–Crippen LogP) is 24.1. The van der Waals surface area contributed by atoms with Crippen molar-refractivity contribution in [2.75, 3.05) is 0 Å². The molecule has 0 bridgehead atoms. The molecule has 147 heavy (non-hydrogen) atoms. The Morgan fingerprint density at radius 3 is 0.932 bits per heavy atom. The Hall–Kier alpha value is -19.2. The number of hydrogen-bond acceptors (Lipinski definition) is 0. The number of para-hydroxylation sites is 6. The second-order valence-electron chi connectivity index (χ2n) is 41.7. The van der Waals surface area contributed by atoms with Crippen LogP contribution in [0.3, 0.4) is 0 Å². The number of fused-ring (bicyclic) bond motifs is 34. The molecule has 0 saturated heterocycles. The van der Waals surface area contributed by atoms with Crippen LogP contribution >= 0.6 is 0 Å². The van der Waals surface area contributed by atoms with Gasteiger partial charge in [0.25, 0.3) is 5.82 Å². The van der Waals surface area contributed by atoms with E-state index < -0.39 is 17.0 Å². The third kappa shape index (κ3) is 8.10. The predicted molar refractivity (Wildman–Crippen MR) is 577 cm³/mol. The molecule has 18 heteroatoms. The van der Waals surface area contributed by atoms with Crippen LogP contribution in [-0.2, 0) is 17.0 Å². The molecule has 12 aromatic carbocycles. The first-order chi connectivity index (χ1) is 72.6. The van der Waals surface area contributed by atoms with Gasteiger partial charge in [-0.1, -0.05) is 148 Å². The van der Waals surface area contributed by atoms with E-state index in [4.69, 9.17) is 0 Å². The summed E-state index contributed by atoms with van der Waals surface area (Å²) in [4.78, 5) is 0. The quantitative estimate of drug-likeness (QED) is 0.158. The maximum absolute atomic E-state index is 2.63. The Morgan fingerprint density at radius 2 is 0.503 bits per heavy atom. The molecule has 3 atom stereocenters. The van der Waals surface area contributed by atoms with Crippen molar-refractivity contribution in [1.29, 1.82) is 0 Å². The lowest BCUT2D eigenvalue weighted by atomic mass is 9.82. The SMILES string of the molecule is Cc1c(-c2ccc3ccccn23)c(C)[n+]2n1-c1ccc3c4ccccc4n4c3c1C21c2c-4cccc2-n2c3ccccc3c3ccc[n+]1c32.Cc1c(-c2ccc3ccccn23)c(C)[n+]2n1-c1cccc3c1C21c2c(ccc4c5ccccc5n-3c24)-n2c3ccccc3c3ccc[n+]1c32.Cc1c(-c2ccc3ccccn23)c(C)[n+]2n1-c1cccc3c1C21c2c4c(cc5c6ccccc6n(c25)-c2cccc[n+]21)c1ccccc1n4-3. The number of benzene rings is 12. The van der Waals surface area contributed by atoms with Crippen LogP contribution in [0, 0.1) is 41.5 Å². The highest BCUT2D eigenvalue weighted by molar-refractivity contribution is 6.23. The average Bonchev–Trinajstić information content (AvgIpc) is 1.47. The van der Waals surface area contributed by atoms with Crippen LogP contribution in [0.1, 0.15) is 67.5 Å². The van der Waals surface area contributed by atoms with E-state index in [2.05, 4.69) is 525 Å². The van der Waals surface area contributed by atoms with Gasteiger partial charge in [0, 0.05) is 116 Å². The molecule has 0 N–H and O–H groups in total. The molecule has 30 aromatic rings. The maximum atomic E-state index is 2.63. The summed E-state index contributed by atoms with van der Waals surface area (Å²) in [6.07, 6.45) is 13.5. The van der Waals surface area contributed by atoms with Crippen LogP contribution in [0.15, 0.2) is 401 Å². The molecular weight excluding hydrogens is 1800 g/mol. The first-order valence-electron chi connectivity index (χ1n) is 51.2. The maximum Gasteiger partial charge on any atom is 0.394 e. The lowest BCUT2D eigenvalue weighted by Crippen LogP contribution is -2.77. The van der Waals surface area contributed by atoms with Crippen molar-refractivity contribution in [3.63, 3.8) is 0 Å². The van der Waals surface area contributed by atoms with Crippen molar-refractivity contribution in [2.24, 2.45) is 0 Å². The van der Waals surface area contributed by atoms with Crippen LogP contribution in [0.4, 0.5) is 0 Å². The molecule has 9 aliphatic rings. The van der Waals surface area contributed by atoms with Gasteiger partial charge in [0.2, 0.25) is 17.1 Å². The summed E-state index contributed by atoms with van der Waals surface area (Å²) in [7, 11) is 0. The normalized spacial score (nSPS) is 16.4. The summed E-state index contributed by atoms with van der Waals surface area (Å²) >= 11 is 0. The Balaban J connectivity index is 0.0000000899. The van der Waals surface area contributed by atoms with Gasteiger partial charge in [-0.05, 0) is 245 Å². The van der Waals surface area contributed by atoms with Gasteiger partial charge in [0.15, 0.2) is 16.9 Å². The van der Waals surface area contributed by atoms with Gasteiger partial charge in [-0.3, -0.25) is 0 Å². The summed E-state index contributed by atoms with van der Waals surface area (Å²) in [5, 5.41) is 15.4. The van der Waals surface area contributed by atoms with Crippen LogP contribution in [0.25, 0.3) is 233 Å². The zero-order chi connectivity index (χ0) is 95.7. The Morgan fingerprint density at radius 1 is 0.204 bits per heavy atom. The number of pyridine rings is 6. The fourth-order valence-corrected chi connectivity index (χ4v) is 30.9. The van der Waals surface area contributed by atoms with Crippen molar-refractivity contribution in [3.8, 4) is 85.1 Å². The molecule has 18 nitrogen and oxygen atoms in total. The van der Waals surface area contributed by atoms with E-state index in [1.54, 1.807) is 0 Å². The molecule has 0 saturated carbocycles. The van der Waals surface area contributed by atoms with Crippen molar-refractivity contribution >= 4 is 148 Å². The number of hydrogen-bond donors (Lipinski definition) is 0. The molecule has 0 fully saturated rings. The van der Waals surface area contributed by atoms with E-state index in [1.807, 2.05) is 0 Å². The smallest absolute Gasteiger partial charge is 0.316 e. The molecule has 0 radical (unpaired) electrons. The summed E-state index contributed by atoms with van der Waals surface area (Å²) in [5.41, 5.74) is 49.3. The Kier molecular flexibility index (Phi) is 13.3. The van der Waals surface area contributed by atoms with Gasteiger partial charge < -0.3 is 26.9 Å². The molecule has 0 amide bonds. The molecule has 18 aromatic heterocycles. The van der Waals surface area contributed by atoms with Gasteiger partial charge in [-0.15, -0.1) is 14.0 Å². The third-order valence-electron chi connectivity index (χ3n) is 35.7. The fraction of sp³-hybridized carbons (Fsp3) is 0.0698. The number of nitrogens with zero attached hydrogens (tertiary/aromatic N) is 18. The molecule has 3 unspecified atom stereocenters. The van der Waals surface area contributed by atoms with Crippen LogP contribution in [0.2, 0.25) is 0 Å². The van der Waals surface area contributed by atoms with E-state index >= 15 is 0 Å². The largest absolute Gasteiger partial charge is 0.394 e.